The zero-order valence-corrected chi connectivity index (χ0v) is 16.9. The number of hydrogen-bond donors (Lipinski definition) is 3. The number of nitrogens with zero attached hydrogens (tertiary/aromatic N) is 3. The molecule has 1 aromatic heterocycles. The monoisotopic (exact) mass is 399 g/mol. The summed E-state index contributed by atoms with van der Waals surface area (Å²) >= 11 is 0. The highest BCUT2D eigenvalue weighted by molar-refractivity contribution is 5.93. The molecule has 29 heavy (non-hydrogen) atoms. The van der Waals surface area contributed by atoms with E-state index in [1.54, 1.807) is 5.48 Å². The van der Waals surface area contributed by atoms with Crippen molar-refractivity contribution in [2.45, 2.75) is 51.9 Å². The summed E-state index contributed by atoms with van der Waals surface area (Å²) in [4.78, 5) is 33.7. The van der Waals surface area contributed by atoms with E-state index in [9.17, 15) is 9.59 Å². The van der Waals surface area contributed by atoms with Crippen LogP contribution < -0.4 is 15.7 Å². The van der Waals surface area contributed by atoms with Crippen molar-refractivity contribution in [2.75, 3.05) is 11.4 Å². The predicted molar refractivity (Wildman–Crippen MR) is 111 cm³/mol. The Morgan fingerprint density at radius 3 is 2.52 bits per heavy atom. The molecule has 0 aliphatic heterocycles. The molecule has 156 valence electrons. The number of unbranched alkanes of at least 4 members (excludes halogenated alkanes) is 3. The fourth-order valence-corrected chi connectivity index (χ4v) is 2.95. The number of carbonyl (C=O) groups excluding carboxylic acids is 2. The number of rotatable bonds is 11. The molecule has 0 saturated heterocycles. The van der Waals surface area contributed by atoms with E-state index < -0.39 is 0 Å². The lowest BCUT2D eigenvalue weighted by Gasteiger charge is -2.25. The van der Waals surface area contributed by atoms with Gasteiger partial charge in [0.2, 0.25) is 11.9 Å². The van der Waals surface area contributed by atoms with Crippen molar-refractivity contribution < 1.29 is 14.8 Å². The quantitative estimate of drug-likeness (QED) is 0.300. The zero-order valence-electron chi connectivity index (χ0n) is 16.9. The lowest BCUT2D eigenvalue weighted by molar-refractivity contribution is -0.129. The van der Waals surface area contributed by atoms with Gasteiger partial charge in [-0.2, -0.15) is 0 Å². The molecule has 0 aromatic carbocycles. The number of nitrogens with one attached hydrogen (secondary N) is 2. The van der Waals surface area contributed by atoms with Gasteiger partial charge in [0.1, 0.15) is 0 Å². The summed E-state index contributed by atoms with van der Waals surface area (Å²) in [7, 11) is 0. The third kappa shape index (κ3) is 7.15. The van der Waals surface area contributed by atoms with E-state index in [-0.39, 0.29) is 11.8 Å². The second-order valence-electron chi connectivity index (χ2n) is 6.91. The minimum atomic E-state index is -0.372. The molecule has 8 heteroatoms. The van der Waals surface area contributed by atoms with Crippen LogP contribution in [0.4, 0.5) is 5.95 Å². The normalized spacial score (nSPS) is 12.8. The molecule has 3 N–H and O–H groups in total. The summed E-state index contributed by atoms with van der Waals surface area (Å²) < 4.78 is 0. The Kier molecular flexibility index (Phi) is 9.04. The molecule has 8 nitrogen and oxygen atoms in total. The number of hydroxylamine groups is 1. The highest BCUT2D eigenvalue weighted by Crippen LogP contribution is 2.23. The second-order valence-corrected chi connectivity index (χ2v) is 6.91. The Morgan fingerprint density at radius 1 is 1.17 bits per heavy atom. The first-order valence-corrected chi connectivity index (χ1v) is 9.88. The first-order valence-electron chi connectivity index (χ1n) is 9.88. The van der Waals surface area contributed by atoms with Crippen molar-refractivity contribution in [3.05, 3.63) is 54.2 Å². The summed E-state index contributed by atoms with van der Waals surface area (Å²) in [5.41, 5.74) is 3.81. The Hall–Kier alpha value is -3.00. The van der Waals surface area contributed by atoms with Crippen LogP contribution in [0.25, 0.3) is 0 Å². The number of carbonyl (C=O) groups is 2. The van der Waals surface area contributed by atoms with Gasteiger partial charge in [0.25, 0.3) is 5.91 Å². The van der Waals surface area contributed by atoms with Gasteiger partial charge in [-0.3, -0.25) is 19.7 Å². The van der Waals surface area contributed by atoms with Gasteiger partial charge in [-0.1, -0.05) is 31.6 Å². The minimum absolute atomic E-state index is 0.213. The summed E-state index contributed by atoms with van der Waals surface area (Å²) in [6.07, 6.45) is 14.9. The van der Waals surface area contributed by atoms with E-state index in [1.165, 1.54) is 12.4 Å². The molecule has 1 aliphatic rings. The molecule has 0 radical (unpaired) electrons. The van der Waals surface area contributed by atoms with Gasteiger partial charge in [0, 0.05) is 36.8 Å². The summed E-state index contributed by atoms with van der Waals surface area (Å²) in [6.45, 7) is 6.44. The van der Waals surface area contributed by atoms with Crippen LogP contribution in [0, 0.1) is 0 Å². The van der Waals surface area contributed by atoms with Crippen LogP contribution in [0.15, 0.2) is 48.6 Å². The predicted octanol–water partition coefficient (Wildman–Crippen LogP) is 3.24. The van der Waals surface area contributed by atoms with E-state index in [1.807, 2.05) is 17.9 Å². The molecule has 0 bridgehead atoms. The van der Waals surface area contributed by atoms with Crippen LogP contribution in [0.3, 0.4) is 0 Å². The molecule has 1 aromatic rings. The first-order chi connectivity index (χ1) is 14.0. The average Bonchev–Trinajstić information content (AvgIpc) is 2.73. The topological polar surface area (TPSA) is 107 Å². The van der Waals surface area contributed by atoms with Crippen molar-refractivity contribution in [3.63, 3.8) is 0 Å². The minimum Gasteiger partial charge on any atom is -0.352 e. The number of allylic oxidation sites excluding steroid dienone is 4. The van der Waals surface area contributed by atoms with Gasteiger partial charge in [-0.05, 0) is 38.7 Å². The maximum absolute atomic E-state index is 12.3. The molecule has 0 spiro atoms. The Morgan fingerprint density at radius 2 is 1.90 bits per heavy atom. The Bertz CT molecular complexity index is 771. The van der Waals surface area contributed by atoms with Crippen molar-refractivity contribution in [1.29, 1.82) is 0 Å². The van der Waals surface area contributed by atoms with E-state index >= 15 is 0 Å². The zero-order chi connectivity index (χ0) is 21.1. The van der Waals surface area contributed by atoms with Crippen LogP contribution in [-0.2, 0) is 4.79 Å². The lowest BCUT2D eigenvalue weighted by atomic mass is 10.1. The van der Waals surface area contributed by atoms with Gasteiger partial charge in [0.15, 0.2) is 0 Å². The molecule has 2 rings (SSSR count). The standard InChI is InChI=1S/C21H29N5O3/c1-16(2)26(18-10-6-5-7-11-18)21-23-14-17(15-24-21)20(28)22-13-9-4-3-8-12-19(27)25-29/h6,10-11,14-15,29H,1,3-5,7-9,12-13H2,2H3,(H,22,28)(H,25,27). The summed E-state index contributed by atoms with van der Waals surface area (Å²) in [5.74, 6) is -0.101. The van der Waals surface area contributed by atoms with E-state index in [0.29, 0.717) is 30.9 Å². The smallest absolute Gasteiger partial charge is 0.254 e. The van der Waals surface area contributed by atoms with E-state index in [2.05, 4.69) is 34.0 Å². The van der Waals surface area contributed by atoms with Gasteiger partial charge < -0.3 is 5.32 Å². The second kappa shape index (κ2) is 11.8. The van der Waals surface area contributed by atoms with E-state index in [4.69, 9.17) is 5.21 Å². The fraction of sp³-hybridized carbons (Fsp3) is 0.429. The van der Waals surface area contributed by atoms with Gasteiger partial charge in [-0.15, -0.1) is 0 Å². The number of hydrogen-bond acceptors (Lipinski definition) is 6. The van der Waals surface area contributed by atoms with Crippen molar-refractivity contribution in [1.82, 2.24) is 20.8 Å². The number of anilines is 1. The largest absolute Gasteiger partial charge is 0.352 e. The molecule has 2 amide bonds. The summed E-state index contributed by atoms with van der Waals surface area (Å²) in [6, 6.07) is 0. The van der Waals surface area contributed by atoms with Gasteiger partial charge in [0.05, 0.1) is 5.56 Å². The van der Waals surface area contributed by atoms with Crippen molar-refractivity contribution >= 4 is 17.8 Å². The highest BCUT2D eigenvalue weighted by atomic mass is 16.5. The van der Waals surface area contributed by atoms with Gasteiger partial charge in [-0.25, -0.2) is 15.4 Å². The first kappa shape index (κ1) is 22.3. The lowest BCUT2D eigenvalue weighted by Crippen LogP contribution is -2.26. The van der Waals surface area contributed by atoms with Crippen LogP contribution >= 0.6 is 0 Å². The SMILES string of the molecule is C=C(C)N(C1=CCCC=C1)c1ncc(C(=O)NCCCCCCC(=O)NO)cn1. The van der Waals surface area contributed by atoms with E-state index in [0.717, 1.165) is 43.5 Å². The number of amides is 2. The number of aromatic nitrogens is 2. The van der Waals surface area contributed by atoms with Crippen LogP contribution in [-0.4, -0.2) is 33.5 Å². The molecule has 1 heterocycles. The molecule has 0 saturated carbocycles. The molecular formula is C21H29N5O3. The maximum Gasteiger partial charge on any atom is 0.254 e. The maximum atomic E-state index is 12.3. The van der Waals surface area contributed by atoms with Crippen LogP contribution in [0.1, 0.15) is 62.2 Å². The fourth-order valence-electron chi connectivity index (χ4n) is 2.95. The summed E-state index contributed by atoms with van der Waals surface area (Å²) in [5, 5.41) is 11.3. The third-order valence-corrected chi connectivity index (χ3v) is 4.46. The molecule has 0 atom stereocenters. The Labute approximate surface area is 171 Å². The van der Waals surface area contributed by atoms with Crippen LogP contribution in [0.5, 0.6) is 0 Å². The van der Waals surface area contributed by atoms with Crippen LogP contribution in [0.2, 0.25) is 0 Å². The molecule has 1 aliphatic carbocycles. The van der Waals surface area contributed by atoms with Crippen molar-refractivity contribution in [2.24, 2.45) is 0 Å². The van der Waals surface area contributed by atoms with Gasteiger partial charge >= 0.3 is 0 Å². The highest BCUT2D eigenvalue weighted by Gasteiger charge is 2.16. The molecule has 0 unspecified atom stereocenters. The molecule has 0 fully saturated rings. The average molecular weight is 399 g/mol. The Balaban J connectivity index is 1.80. The molecular weight excluding hydrogens is 370 g/mol. The van der Waals surface area contributed by atoms with Crippen molar-refractivity contribution in [3.8, 4) is 0 Å². The third-order valence-electron chi connectivity index (χ3n) is 4.46.